The van der Waals surface area contributed by atoms with Crippen molar-refractivity contribution >= 4 is 17.6 Å². The second-order valence-corrected chi connectivity index (χ2v) is 8.29. The molecule has 1 aromatic heterocycles. The van der Waals surface area contributed by atoms with E-state index in [9.17, 15) is 14.0 Å². The third kappa shape index (κ3) is 5.62. The summed E-state index contributed by atoms with van der Waals surface area (Å²) in [5.41, 5.74) is 1.75. The van der Waals surface area contributed by atoms with Crippen molar-refractivity contribution in [1.29, 1.82) is 0 Å². The van der Waals surface area contributed by atoms with Gasteiger partial charge in [0.05, 0.1) is 25.6 Å². The van der Waals surface area contributed by atoms with Gasteiger partial charge in [-0.25, -0.2) is 9.37 Å². The highest BCUT2D eigenvalue weighted by Gasteiger charge is 2.28. The number of nitrogens with one attached hydrogen (secondary N) is 1. The van der Waals surface area contributed by atoms with Crippen LogP contribution in [0.1, 0.15) is 24.0 Å². The number of pyridine rings is 1. The first-order valence-corrected chi connectivity index (χ1v) is 11.2. The summed E-state index contributed by atoms with van der Waals surface area (Å²) in [4.78, 5) is 34.0. The van der Waals surface area contributed by atoms with Crippen LogP contribution >= 0.6 is 0 Å². The van der Waals surface area contributed by atoms with Crippen molar-refractivity contribution < 1.29 is 18.7 Å². The zero-order valence-corrected chi connectivity index (χ0v) is 18.1. The van der Waals surface area contributed by atoms with E-state index in [2.05, 4.69) is 15.2 Å². The molecule has 7 nitrogen and oxygen atoms in total. The molecular formula is C24H29FN4O3. The van der Waals surface area contributed by atoms with Gasteiger partial charge in [0.2, 0.25) is 11.8 Å². The van der Waals surface area contributed by atoms with Gasteiger partial charge in [0.15, 0.2) is 0 Å². The number of rotatable bonds is 6. The highest BCUT2D eigenvalue weighted by Crippen LogP contribution is 2.21. The van der Waals surface area contributed by atoms with Crippen molar-refractivity contribution in [3.63, 3.8) is 0 Å². The molecular weight excluding hydrogens is 411 g/mol. The van der Waals surface area contributed by atoms with Crippen LogP contribution in [0.4, 0.5) is 10.2 Å². The average Bonchev–Trinajstić information content (AvgIpc) is 2.84. The molecule has 1 N–H and O–H groups in total. The molecule has 32 heavy (non-hydrogen) atoms. The first-order chi connectivity index (χ1) is 15.6. The smallest absolute Gasteiger partial charge is 0.227 e. The Kier molecular flexibility index (Phi) is 7.32. The summed E-state index contributed by atoms with van der Waals surface area (Å²) in [6.45, 7) is 4.37. The molecule has 170 valence electrons. The van der Waals surface area contributed by atoms with Crippen LogP contribution in [0, 0.1) is 11.7 Å². The van der Waals surface area contributed by atoms with Crippen LogP contribution in [0.25, 0.3) is 0 Å². The molecule has 3 heterocycles. The number of carbonyl (C=O) groups is 2. The number of carbonyl (C=O) groups excluding carboxylic acids is 2. The zero-order valence-electron chi connectivity index (χ0n) is 18.1. The summed E-state index contributed by atoms with van der Waals surface area (Å²) in [5, 5.41) is 3.05. The highest BCUT2D eigenvalue weighted by atomic mass is 19.1. The monoisotopic (exact) mass is 440 g/mol. The van der Waals surface area contributed by atoms with E-state index in [1.807, 2.05) is 12.1 Å². The SMILES string of the molecule is O=C(NCc1cccnc1N1CCOCC1)[C@@H]1CCCN(C(=O)Cc2ccc(F)cc2)C1. The Labute approximate surface area is 187 Å². The van der Waals surface area contributed by atoms with Crippen molar-refractivity contribution in [2.24, 2.45) is 5.92 Å². The van der Waals surface area contributed by atoms with E-state index in [0.717, 1.165) is 42.9 Å². The molecule has 2 aromatic rings. The van der Waals surface area contributed by atoms with Crippen LogP contribution in [0.15, 0.2) is 42.6 Å². The lowest BCUT2D eigenvalue weighted by atomic mass is 9.96. The van der Waals surface area contributed by atoms with Gasteiger partial charge >= 0.3 is 0 Å². The predicted octanol–water partition coefficient (Wildman–Crippen LogP) is 2.15. The minimum absolute atomic E-state index is 0.0315. The summed E-state index contributed by atoms with van der Waals surface area (Å²) < 4.78 is 18.5. The summed E-state index contributed by atoms with van der Waals surface area (Å²) in [5.74, 6) is 0.263. The molecule has 2 saturated heterocycles. The van der Waals surface area contributed by atoms with Crippen molar-refractivity contribution in [2.45, 2.75) is 25.8 Å². The Morgan fingerprint density at radius 3 is 2.69 bits per heavy atom. The average molecular weight is 441 g/mol. The van der Waals surface area contributed by atoms with Crippen LogP contribution in [-0.4, -0.2) is 61.1 Å². The van der Waals surface area contributed by atoms with Gasteiger partial charge in [-0.3, -0.25) is 9.59 Å². The third-order valence-corrected chi connectivity index (χ3v) is 6.04. The quantitative estimate of drug-likeness (QED) is 0.745. The van der Waals surface area contributed by atoms with E-state index in [4.69, 9.17) is 4.74 Å². The summed E-state index contributed by atoms with van der Waals surface area (Å²) in [7, 11) is 0. The number of morpholine rings is 1. The van der Waals surface area contributed by atoms with E-state index in [-0.39, 0.29) is 30.0 Å². The molecule has 2 aliphatic heterocycles. The lowest BCUT2D eigenvalue weighted by molar-refractivity contribution is -0.135. The Morgan fingerprint density at radius 1 is 1.12 bits per heavy atom. The predicted molar refractivity (Wildman–Crippen MR) is 119 cm³/mol. The third-order valence-electron chi connectivity index (χ3n) is 6.04. The molecule has 4 rings (SSSR count). The lowest BCUT2D eigenvalue weighted by Gasteiger charge is -2.32. The lowest BCUT2D eigenvalue weighted by Crippen LogP contribution is -2.46. The molecule has 0 bridgehead atoms. The number of ether oxygens (including phenoxy) is 1. The molecule has 8 heteroatoms. The summed E-state index contributed by atoms with van der Waals surface area (Å²) >= 11 is 0. The first-order valence-electron chi connectivity index (χ1n) is 11.2. The molecule has 0 radical (unpaired) electrons. The molecule has 0 saturated carbocycles. The number of halogens is 1. The topological polar surface area (TPSA) is 74.8 Å². The van der Waals surface area contributed by atoms with Gasteiger partial charge in [-0.05, 0) is 36.6 Å². The number of aromatic nitrogens is 1. The fourth-order valence-electron chi connectivity index (χ4n) is 4.26. The van der Waals surface area contributed by atoms with Gasteiger partial charge in [0, 0.05) is 44.5 Å². The molecule has 1 atom stereocenters. The van der Waals surface area contributed by atoms with Crippen LogP contribution < -0.4 is 10.2 Å². The zero-order chi connectivity index (χ0) is 22.3. The van der Waals surface area contributed by atoms with Crippen LogP contribution in [0.2, 0.25) is 0 Å². The normalized spacial score (nSPS) is 19.0. The van der Waals surface area contributed by atoms with Crippen LogP contribution in [-0.2, 0) is 27.3 Å². The number of piperidine rings is 1. The van der Waals surface area contributed by atoms with Crippen LogP contribution in [0.5, 0.6) is 0 Å². The molecule has 2 amide bonds. The number of anilines is 1. The fourth-order valence-corrected chi connectivity index (χ4v) is 4.26. The number of benzene rings is 1. The van der Waals surface area contributed by atoms with E-state index in [1.54, 1.807) is 23.2 Å². The Balaban J connectivity index is 1.32. The Hall–Kier alpha value is -3.00. The number of likely N-dealkylation sites (tertiary alicyclic amines) is 1. The van der Waals surface area contributed by atoms with Crippen molar-refractivity contribution in [2.75, 3.05) is 44.3 Å². The van der Waals surface area contributed by atoms with Gasteiger partial charge < -0.3 is 19.9 Å². The Bertz CT molecular complexity index is 931. The van der Waals surface area contributed by atoms with E-state index in [0.29, 0.717) is 32.8 Å². The molecule has 0 spiro atoms. The van der Waals surface area contributed by atoms with Gasteiger partial charge in [0.1, 0.15) is 11.6 Å². The molecule has 2 fully saturated rings. The molecule has 0 unspecified atom stereocenters. The van der Waals surface area contributed by atoms with Crippen molar-refractivity contribution in [3.05, 3.63) is 59.5 Å². The first kappa shape index (κ1) is 22.2. The maximum absolute atomic E-state index is 13.1. The van der Waals surface area contributed by atoms with E-state index >= 15 is 0 Å². The Morgan fingerprint density at radius 2 is 1.91 bits per heavy atom. The standard InChI is InChI=1S/C24H29FN4O3/c25-21-7-5-18(6-8-21)15-22(30)29-10-2-4-20(17-29)24(31)27-16-19-3-1-9-26-23(19)28-11-13-32-14-12-28/h1,3,5-9,20H,2,4,10-17H2,(H,27,31)/t20-/m1/s1. The summed E-state index contributed by atoms with van der Waals surface area (Å²) in [6, 6.07) is 9.83. The van der Waals surface area contributed by atoms with E-state index < -0.39 is 0 Å². The van der Waals surface area contributed by atoms with E-state index in [1.165, 1.54) is 12.1 Å². The molecule has 0 aliphatic carbocycles. The highest BCUT2D eigenvalue weighted by molar-refractivity contribution is 5.82. The second-order valence-electron chi connectivity index (χ2n) is 8.29. The largest absolute Gasteiger partial charge is 0.378 e. The minimum Gasteiger partial charge on any atom is -0.378 e. The van der Waals surface area contributed by atoms with Gasteiger partial charge in [-0.2, -0.15) is 0 Å². The summed E-state index contributed by atoms with van der Waals surface area (Å²) in [6.07, 6.45) is 3.53. The second kappa shape index (κ2) is 10.5. The molecule has 1 aromatic carbocycles. The van der Waals surface area contributed by atoms with Gasteiger partial charge in [-0.1, -0.05) is 18.2 Å². The fraction of sp³-hybridized carbons (Fsp3) is 0.458. The maximum Gasteiger partial charge on any atom is 0.227 e. The van der Waals surface area contributed by atoms with Gasteiger partial charge in [0.25, 0.3) is 0 Å². The van der Waals surface area contributed by atoms with Gasteiger partial charge in [-0.15, -0.1) is 0 Å². The minimum atomic E-state index is -0.318. The number of nitrogens with zero attached hydrogens (tertiary/aromatic N) is 3. The van der Waals surface area contributed by atoms with Crippen molar-refractivity contribution in [3.8, 4) is 0 Å². The number of hydrogen-bond donors (Lipinski definition) is 1. The number of amides is 2. The molecule has 2 aliphatic rings. The maximum atomic E-state index is 13.1. The van der Waals surface area contributed by atoms with Crippen LogP contribution in [0.3, 0.4) is 0 Å². The van der Waals surface area contributed by atoms with Crippen molar-refractivity contribution in [1.82, 2.24) is 15.2 Å². The number of hydrogen-bond acceptors (Lipinski definition) is 5.